The smallest absolute Gasteiger partial charge is 0.221 e. The third-order valence-corrected chi connectivity index (χ3v) is 3.17. The van der Waals surface area contributed by atoms with E-state index in [9.17, 15) is 9.18 Å². The third kappa shape index (κ3) is 3.15. The second kappa shape index (κ2) is 5.93. The lowest BCUT2D eigenvalue weighted by atomic mass is 10.1. The number of primary amides is 1. The molecule has 2 rings (SSSR count). The van der Waals surface area contributed by atoms with Crippen molar-refractivity contribution in [3.05, 3.63) is 34.1 Å². The van der Waals surface area contributed by atoms with Crippen LogP contribution in [0.25, 0.3) is 0 Å². The van der Waals surface area contributed by atoms with E-state index in [2.05, 4.69) is 15.9 Å². The predicted octanol–water partition coefficient (Wildman–Crippen LogP) is 2.40. The van der Waals surface area contributed by atoms with Crippen molar-refractivity contribution in [2.24, 2.45) is 11.7 Å². The van der Waals surface area contributed by atoms with Crippen molar-refractivity contribution in [3.63, 3.8) is 0 Å². The molecule has 0 radical (unpaired) electrons. The van der Waals surface area contributed by atoms with Gasteiger partial charge in [-0.1, -0.05) is 6.07 Å². The third-order valence-electron chi connectivity index (χ3n) is 2.53. The zero-order valence-electron chi connectivity index (χ0n) is 8.34. The molecule has 0 saturated heterocycles. The van der Waals surface area contributed by atoms with Gasteiger partial charge in [0.1, 0.15) is 5.82 Å². The predicted molar refractivity (Wildman–Crippen MR) is 74.9 cm³/mol. The number of halogens is 2. The summed E-state index contributed by atoms with van der Waals surface area (Å²) in [5, 5.41) is 0. The largest absolute Gasteiger partial charge is 0.369 e. The molecule has 0 heterocycles. The van der Waals surface area contributed by atoms with Crippen LogP contribution in [-0.2, 0) is 4.79 Å². The van der Waals surface area contributed by atoms with E-state index in [1.54, 1.807) is 6.07 Å². The fraction of sp³-hybridized carbons (Fsp3) is 0.300. The molecule has 0 unspecified atom stereocenters. The molecule has 2 nitrogen and oxygen atoms in total. The molecule has 6 heteroatoms. The first-order valence-electron chi connectivity index (χ1n) is 4.34. The maximum absolute atomic E-state index is 13.1. The van der Waals surface area contributed by atoms with Crippen LogP contribution in [0.1, 0.15) is 17.9 Å². The van der Waals surface area contributed by atoms with Gasteiger partial charge in [-0.3, -0.25) is 4.79 Å². The number of hydrogen-bond donors (Lipinski definition) is 1. The van der Waals surface area contributed by atoms with Crippen molar-refractivity contribution in [3.8, 4) is 0 Å². The van der Waals surface area contributed by atoms with Gasteiger partial charge in [0.25, 0.3) is 0 Å². The zero-order chi connectivity index (χ0) is 10.3. The minimum absolute atomic E-state index is 0. The number of benzene rings is 1. The minimum atomic E-state index is -0.294. The van der Waals surface area contributed by atoms with Gasteiger partial charge in [0.2, 0.25) is 5.91 Å². The van der Waals surface area contributed by atoms with Gasteiger partial charge in [-0.05, 0) is 46.0 Å². The summed E-state index contributed by atoms with van der Waals surface area (Å²) in [5.41, 5.74) is 6.01. The maximum atomic E-state index is 13.1. The molecule has 1 aliphatic rings. The Labute approximate surface area is 116 Å². The first-order chi connectivity index (χ1) is 6.59. The molecule has 1 aromatic carbocycles. The number of nitrogens with two attached hydrogens (primary N) is 1. The van der Waals surface area contributed by atoms with Gasteiger partial charge in [0.05, 0.1) is 4.47 Å². The fourth-order valence-electron chi connectivity index (χ4n) is 1.62. The Kier molecular flexibility index (Phi) is 5.86. The Hall–Kier alpha value is -0.200. The highest BCUT2D eigenvalue weighted by molar-refractivity contribution is 9.10. The van der Waals surface area contributed by atoms with Crippen molar-refractivity contribution < 1.29 is 9.18 Å². The van der Waals surface area contributed by atoms with Crippen LogP contribution in [0.4, 0.5) is 4.39 Å². The molecule has 0 aromatic heterocycles. The van der Waals surface area contributed by atoms with Crippen LogP contribution in [0.3, 0.4) is 0 Å². The number of rotatable bonds is 2. The highest BCUT2D eigenvalue weighted by Gasteiger charge is 2.42. The summed E-state index contributed by atoms with van der Waals surface area (Å²) in [7, 11) is 0. The number of hydrogen-bond acceptors (Lipinski definition) is 1. The van der Waals surface area contributed by atoms with Crippen LogP contribution >= 0.6 is 42.9 Å². The normalized spacial score (nSPS) is 21.6. The van der Waals surface area contributed by atoms with Gasteiger partial charge in [-0.15, -0.1) is 0 Å². The molecule has 2 atom stereocenters. The van der Waals surface area contributed by atoms with Crippen LogP contribution in [-0.4, -0.2) is 5.91 Å². The van der Waals surface area contributed by atoms with Gasteiger partial charge >= 0.3 is 0 Å². The standard InChI is InChI=1S/C10H9BrFNO.2H2S/c11-8-2-1-5(3-9(8)12)6-4-7(6)10(13)14;;/h1-3,6-7H,4H2,(H2,13,14);2*1H2/t6-,7+;;/m1../s1. The van der Waals surface area contributed by atoms with Crippen LogP contribution in [0.15, 0.2) is 22.7 Å². The second-order valence-electron chi connectivity index (χ2n) is 3.52. The van der Waals surface area contributed by atoms with E-state index in [1.807, 2.05) is 6.07 Å². The number of carbonyl (C=O) groups excluding carboxylic acids is 1. The Morgan fingerprint density at radius 3 is 2.50 bits per heavy atom. The average molecular weight is 326 g/mol. The van der Waals surface area contributed by atoms with Crippen LogP contribution < -0.4 is 5.73 Å². The monoisotopic (exact) mass is 325 g/mol. The summed E-state index contributed by atoms with van der Waals surface area (Å²) in [4.78, 5) is 10.8. The average Bonchev–Trinajstić information content (AvgIpc) is 2.89. The molecular weight excluding hydrogens is 313 g/mol. The van der Waals surface area contributed by atoms with Crippen molar-refractivity contribution in [2.45, 2.75) is 12.3 Å². The van der Waals surface area contributed by atoms with Gasteiger partial charge < -0.3 is 5.73 Å². The fourth-order valence-corrected chi connectivity index (χ4v) is 1.87. The summed E-state index contributed by atoms with van der Waals surface area (Å²) in [5.74, 6) is -0.568. The molecule has 0 bridgehead atoms. The van der Waals surface area contributed by atoms with E-state index in [-0.39, 0.29) is 50.6 Å². The van der Waals surface area contributed by atoms with E-state index < -0.39 is 0 Å². The van der Waals surface area contributed by atoms with E-state index in [0.29, 0.717) is 4.47 Å². The molecule has 2 N–H and O–H groups in total. The lowest BCUT2D eigenvalue weighted by molar-refractivity contribution is -0.119. The topological polar surface area (TPSA) is 43.1 Å². The van der Waals surface area contributed by atoms with Gasteiger partial charge in [0, 0.05) is 5.92 Å². The van der Waals surface area contributed by atoms with Crippen LogP contribution in [0.5, 0.6) is 0 Å². The number of amides is 1. The Balaban J connectivity index is 0.00000112. The second-order valence-corrected chi connectivity index (χ2v) is 4.38. The summed E-state index contributed by atoms with van der Waals surface area (Å²) in [6.07, 6.45) is 0.746. The van der Waals surface area contributed by atoms with Crippen molar-refractivity contribution in [2.75, 3.05) is 0 Å². The molecule has 1 aromatic rings. The van der Waals surface area contributed by atoms with Crippen LogP contribution in [0.2, 0.25) is 0 Å². The van der Waals surface area contributed by atoms with E-state index in [1.165, 1.54) is 6.07 Å². The highest BCUT2D eigenvalue weighted by Crippen LogP contribution is 2.47. The molecule has 0 aliphatic heterocycles. The van der Waals surface area contributed by atoms with E-state index in [0.717, 1.165) is 12.0 Å². The van der Waals surface area contributed by atoms with E-state index in [4.69, 9.17) is 5.73 Å². The van der Waals surface area contributed by atoms with Gasteiger partial charge in [-0.2, -0.15) is 27.0 Å². The van der Waals surface area contributed by atoms with Gasteiger partial charge in [0.15, 0.2) is 0 Å². The Morgan fingerprint density at radius 2 is 2.06 bits per heavy atom. The minimum Gasteiger partial charge on any atom is -0.369 e. The quantitative estimate of drug-likeness (QED) is 0.891. The summed E-state index contributed by atoms with van der Waals surface area (Å²) in [6.45, 7) is 0. The molecule has 16 heavy (non-hydrogen) atoms. The van der Waals surface area contributed by atoms with Crippen molar-refractivity contribution in [1.29, 1.82) is 0 Å². The maximum Gasteiger partial charge on any atom is 0.221 e. The highest BCUT2D eigenvalue weighted by atomic mass is 79.9. The van der Waals surface area contributed by atoms with Crippen LogP contribution in [0, 0.1) is 11.7 Å². The van der Waals surface area contributed by atoms with Crippen molar-refractivity contribution in [1.82, 2.24) is 0 Å². The molecule has 0 spiro atoms. The molecular formula is C10H13BrFNOS2. The number of carbonyl (C=O) groups is 1. The Morgan fingerprint density at radius 1 is 1.44 bits per heavy atom. The van der Waals surface area contributed by atoms with Gasteiger partial charge in [-0.25, -0.2) is 4.39 Å². The first-order valence-corrected chi connectivity index (χ1v) is 5.13. The molecule has 90 valence electrons. The Bertz CT molecular complexity index is 402. The summed E-state index contributed by atoms with van der Waals surface area (Å²) in [6, 6.07) is 4.93. The molecule has 1 amide bonds. The SMILES string of the molecule is NC(=O)[C@H]1C[C@@H]1c1ccc(Br)c(F)c1.S.S. The molecule has 1 saturated carbocycles. The lowest BCUT2D eigenvalue weighted by Crippen LogP contribution is -2.13. The zero-order valence-corrected chi connectivity index (χ0v) is 11.9. The van der Waals surface area contributed by atoms with E-state index >= 15 is 0 Å². The molecule has 1 aliphatic carbocycles. The van der Waals surface area contributed by atoms with Crippen molar-refractivity contribution >= 4 is 48.8 Å². The lowest BCUT2D eigenvalue weighted by Gasteiger charge is -2.00. The first kappa shape index (κ1) is 15.8. The summed E-state index contributed by atoms with van der Waals surface area (Å²) < 4.78 is 13.6. The summed E-state index contributed by atoms with van der Waals surface area (Å²) >= 11 is 3.08. The molecule has 1 fully saturated rings.